The summed E-state index contributed by atoms with van der Waals surface area (Å²) >= 11 is 6.68. The van der Waals surface area contributed by atoms with Gasteiger partial charge in [0.2, 0.25) is 0 Å². The molecule has 2 aliphatic rings. The van der Waals surface area contributed by atoms with Crippen LogP contribution in [0.5, 0.6) is 0 Å². The molecule has 39 heavy (non-hydrogen) atoms. The molecule has 2 heterocycles. The number of aromatic nitrogens is 1. The van der Waals surface area contributed by atoms with Crippen LogP contribution >= 0.6 is 11.6 Å². The highest BCUT2D eigenvalue weighted by Gasteiger charge is 2.39. The number of anilines is 2. The van der Waals surface area contributed by atoms with Crippen molar-refractivity contribution in [2.24, 2.45) is 5.41 Å². The Morgan fingerprint density at radius 1 is 1.26 bits per heavy atom. The topological polar surface area (TPSA) is 88.0 Å². The number of nitrogens with one attached hydrogen (secondary N) is 4. The van der Waals surface area contributed by atoms with Gasteiger partial charge in [0.25, 0.3) is 6.43 Å². The highest BCUT2D eigenvalue weighted by atomic mass is 35.5. The van der Waals surface area contributed by atoms with Crippen LogP contribution in [0.1, 0.15) is 56.7 Å². The van der Waals surface area contributed by atoms with E-state index in [1.54, 1.807) is 36.5 Å². The Hall–Kier alpha value is -3.55. The van der Waals surface area contributed by atoms with Gasteiger partial charge >= 0.3 is 0 Å². The third-order valence-electron chi connectivity index (χ3n) is 6.76. The number of hydrogen-bond acceptors (Lipinski definition) is 7. The van der Waals surface area contributed by atoms with Crippen LogP contribution in [0.3, 0.4) is 0 Å². The first kappa shape index (κ1) is 27.0. The van der Waals surface area contributed by atoms with Crippen LogP contribution in [0, 0.1) is 16.7 Å². The van der Waals surface area contributed by atoms with E-state index >= 15 is 0 Å². The summed E-state index contributed by atoms with van der Waals surface area (Å²) in [6, 6.07) is 12.1. The van der Waals surface area contributed by atoms with E-state index in [0.29, 0.717) is 51.1 Å². The molecule has 200 valence electrons. The first-order valence-corrected chi connectivity index (χ1v) is 13.1. The van der Waals surface area contributed by atoms with Gasteiger partial charge in [0.1, 0.15) is 13.9 Å². The number of halogens is 3. The third-order valence-corrected chi connectivity index (χ3v) is 7.04. The van der Waals surface area contributed by atoms with Crippen molar-refractivity contribution in [3.63, 3.8) is 0 Å². The summed E-state index contributed by atoms with van der Waals surface area (Å²) in [4.78, 5) is 4.41. The van der Waals surface area contributed by atoms with Gasteiger partial charge in [-0.3, -0.25) is 9.99 Å². The normalized spacial score (nSPS) is 17.0. The molecule has 5 rings (SSSR count). The average molecular weight is 548 g/mol. The molecule has 11 heteroatoms. The molecular formula is C28H29BClF2N7. The van der Waals surface area contributed by atoms with Crippen molar-refractivity contribution in [3.05, 3.63) is 76.2 Å². The lowest BCUT2D eigenvalue weighted by atomic mass is 9.68. The van der Waals surface area contributed by atoms with E-state index in [1.165, 1.54) is 12.3 Å². The van der Waals surface area contributed by atoms with E-state index in [2.05, 4.69) is 53.4 Å². The molecule has 0 amide bonds. The van der Waals surface area contributed by atoms with Gasteiger partial charge in [0, 0.05) is 41.6 Å². The van der Waals surface area contributed by atoms with Gasteiger partial charge in [-0.1, -0.05) is 56.6 Å². The Morgan fingerprint density at radius 3 is 2.67 bits per heavy atom. The third kappa shape index (κ3) is 5.47. The van der Waals surface area contributed by atoms with E-state index in [9.17, 15) is 14.0 Å². The predicted octanol–water partition coefficient (Wildman–Crippen LogP) is 5.92. The zero-order chi connectivity index (χ0) is 27.9. The minimum atomic E-state index is -2.74. The second kappa shape index (κ2) is 10.2. The molecule has 1 fully saturated rings. The Balaban J connectivity index is 1.64. The number of alkyl halides is 2. The highest BCUT2D eigenvalue weighted by Crippen LogP contribution is 2.40. The van der Waals surface area contributed by atoms with Gasteiger partial charge in [-0.15, -0.1) is 5.53 Å². The number of rotatable bonds is 8. The van der Waals surface area contributed by atoms with Crippen molar-refractivity contribution < 1.29 is 8.78 Å². The molecule has 2 aromatic carbocycles. The predicted molar refractivity (Wildman–Crippen MR) is 151 cm³/mol. The summed E-state index contributed by atoms with van der Waals surface area (Å²) in [5.74, 6) is 0. The summed E-state index contributed by atoms with van der Waals surface area (Å²) < 4.78 is 28.3. The number of pyridine rings is 1. The van der Waals surface area contributed by atoms with E-state index in [0.717, 1.165) is 12.8 Å². The Labute approximate surface area is 233 Å². The Kier molecular flexibility index (Phi) is 7.08. The van der Waals surface area contributed by atoms with Crippen molar-refractivity contribution in [1.29, 1.82) is 5.26 Å². The molecular weight excluding hydrogens is 519 g/mol. The minimum Gasteiger partial charge on any atom is -0.383 e. The minimum absolute atomic E-state index is 0.0611. The molecule has 0 saturated heterocycles. The number of benzene rings is 2. The fourth-order valence-corrected chi connectivity index (χ4v) is 4.86. The maximum Gasteiger partial charge on any atom is 0.264 e. The second-order valence-electron chi connectivity index (χ2n) is 11.2. The molecule has 0 bridgehead atoms. The first-order chi connectivity index (χ1) is 18.5. The quantitative estimate of drug-likeness (QED) is 0.261. The number of nitrogens with zero attached hydrogens (tertiary/aromatic N) is 3. The number of hydrogen-bond donors (Lipinski definition) is 4. The van der Waals surface area contributed by atoms with E-state index in [-0.39, 0.29) is 16.5 Å². The smallest absolute Gasteiger partial charge is 0.264 e. The van der Waals surface area contributed by atoms with Gasteiger partial charge in [0.15, 0.2) is 0 Å². The van der Waals surface area contributed by atoms with Crippen molar-refractivity contribution in [2.45, 2.75) is 51.5 Å². The summed E-state index contributed by atoms with van der Waals surface area (Å²) in [5, 5.41) is 19.3. The highest BCUT2D eigenvalue weighted by molar-refractivity contribution is 6.36. The summed E-state index contributed by atoms with van der Waals surface area (Å²) in [5.41, 5.74) is 6.94. The van der Waals surface area contributed by atoms with Crippen LogP contribution in [0.4, 0.5) is 20.2 Å². The zero-order valence-electron chi connectivity index (χ0n) is 21.9. The van der Waals surface area contributed by atoms with Crippen LogP contribution in [0.15, 0.2) is 54.5 Å². The molecule has 7 nitrogen and oxygen atoms in total. The van der Waals surface area contributed by atoms with E-state index < -0.39 is 11.9 Å². The lowest BCUT2D eigenvalue weighted by Gasteiger charge is -2.36. The second-order valence-corrected chi connectivity index (χ2v) is 11.6. The van der Waals surface area contributed by atoms with Crippen molar-refractivity contribution >= 4 is 41.7 Å². The van der Waals surface area contributed by atoms with Crippen molar-refractivity contribution in [2.75, 3.05) is 17.2 Å². The zero-order valence-corrected chi connectivity index (χ0v) is 22.7. The molecule has 1 atom stereocenters. The molecule has 3 aromatic rings. The average Bonchev–Trinajstić information content (AvgIpc) is 3.62. The maximum atomic E-state index is 14.2. The number of hydrazine groups is 2. The van der Waals surface area contributed by atoms with Crippen LogP contribution in [0.25, 0.3) is 10.9 Å². The monoisotopic (exact) mass is 547 g/mol. The molecule has 1 saturated carbocycles. The van der Waals surface area contributed by atoms with E-state index in [1.807, 2.05) is 5.01 Å². The molecule has 1 aliphatic carbocycles. The van der Waals surface area contributed by atoms with Gasteiger partial charge in [0.05, 0.1) is 32.9 Å². The van der Waals surface area contributed by atoms with Gasteiger partial charge in [-0.25, -0.2) is 8.78 Å². The largest absolute Gasteiger partial charge is 0.383 e. The maximum absolute atomic E-state index is 14.2. The van der Waals surface area contributed by atoms with Crippen LogP contribution in [0.2, 0.25) is 5.02 Å². The summed E-state index contributed by atoms with van der Waals surface area (Å²) in [6.07, 6.45) is 2.60. The van der Waals surface area contributed by atoms with Crippen LogP contribution in [-0.4, -0.2) is 30.4 Å². The lowest BCUT2D eigenvalue weighted by molar-refractivity contribution is 0.149. The van der Waals surface area contributed by atoms with Crippen molar-refractivity contribution in [3.8, 4) is 6.07 Å². The van der Waals surface area contributed by atoms with Crippen molar-refractivity contribution in [1.82, 2.24) is 21.0 Å². The number of fused-ring (bicyclic) bond motifs is 1. The van der Waals surface area contributed by atoms with Crippen LogP contribution in [-0.2, 0) is 5.44 Å². The fraction of sp³-hybridized carbons (Fsp3) is 0.357. The van der Waals surface area contributed by atoms with Gasteiger partial charge in [-0.2, -0.15) is 5.26 Å². The Morgan fingerprint density at radius 2 is 2.00 bits per heavy atom. The first-order valence-electron chi connectivity index (χ1n) is 12.7. The number of nitriles is 1. The molecule has 0 spiro atoms. The molecule has 1 aliphatic heterocycles. The van der Waals surface area contributed by atoms with Crippen LogP contribution < -0.4 is 21.6 Å². The summed E-state index contributed by atoms with van der Waals surface area (Å²) in [7, 11) is 7.01. The van der Waals surface area contributed by atoms with Gasteiger partial charge in [-0.05, 0) is 36.0 Å². The molecule has 1 aromatic heterocycles. The Bertz CT molecular complexity index is 1480. The molecule has 1 unspecified atom stereocenters. The van der Waals surface area contributed by atoms with E-state index in [4.69, 9.17) is 19.4 Å². The molecule has 4 N–H and O–H groups in total. The standard InChI is InChI=1S/C28H29BClF2N7/c1-27(2,3)15-35-24-16(12-33)13-34-25-20(24)10-17(11-22(25)30)36-28(29,21-7-5-4-6-19(21)26(31)32)23-14-39(38-37-23)18-8-9-18/h4-7,10-11,13-14,18,26,36-38H,8-9,15H2,1-3H3,(H,34,35). The molecule has 2 radical (unpaired) electrons. The lowest BCUT2D eigenvalue weighted by Crippen LogP contribution is -2.46. The SMILES string of the molecule is [B]C(Nc1cc(Cl)c2ncc(C#N)c(NCC(C)(C)C)c2c1)(C1=CN(C2CC2)NN1)c1ccccc1C(F)F. The summed E-state index contributed by atoms with van der Waals surface area (Å²) in [6.45, 7) is 6.85. The fourth-order valence-electron chi connectivity index (χ4n) is 4.59. The van der Waals surface area contributed by atoms with Gasteiger partial charge < -0.3 is 16.1 Å².